The maximum absolute atomic E-state index is 13.2. The second-order valence-electron chi connectivity index (χ2n) is 5.96. The number of aryl methyl sites for hydroxylation is 1. The summed E-state index contributed by atoms with van der Waals surface area (Å²) >= 11 is 0. The topological polar surface area (TPSA) is 58.4 Å². The average molecular weight is 293 g/mol. The van der Waals surface area contributed by atoms with Gasteiger partial charge in [0.15, 0.2) is 0 Å². The molecule has 4 nitrogen and oxygen atoms in total. The van der Waals surface area contributed by atoms with Gasteiger partial charge in [-0.2, -0.15) is 0 Å². The van der Waals surface area contributed by atoms with Crippen LogP contribution >= 0.6 is 0 Å². The van der Waals surface area contributed by atoms with Gasteiger partial charge in [-0.15, -0.1) is 0 Å². The molecule has 0 radical (unpaired) electrons. The molecule has 1 amide bonds. The lowest BCUT2D eigenvalue weighted by Crippen LogP contribution is -2.48. The van der Waals surface area contributed by atoms with Crippen molar-refractivity contribution in [3.63, 3.8) is 0 Å². The van der Waals surface area contributed by atoms with Crippen LogP contribution in [0, 0.1) is 12.7 Å². The summed E-state index contributed by atoms with van der Waals surface area (Å²) in [5.74, 6) is -0.206. The Bertz CT molecular complexity index is 504. The normalized spacial score (nSPS) is 20.2. The van der Waals surface area contributed by atoms with E-state index >= 15 is 0 Å². The van der Waals surface area contributed by atoms with Crippen LogP contribution in [0.15, 0.2) is 18.2 Å². The lowest BCUT2D eigenvalue weighted by atomic mass is 10.0. The number of hydrogen-bond acceptors (Lipinski definition) is 3. The van der Waals surface area contributed by atoms with Crippen molar-refractivity contribution in [1.82, 2.24) is 5.32 Å². The number of carbonyl (C=O) groups excluding carboxylic acids is 1. The van der Waals surface area contributed by atoms with Crippen LogP contribution in [0.1, 0.15) is 31.7 Å². The lowest BCUT2D eigenvalue weighted by molar-refractivity contribution is -0.122. The van der Waals surface area contributed by atoms with Gasteiger partial charge in [0.2, 0.25) is 5.91 Å². The minimum Gasteiger partial charge on any atom is -0.369 e. The van der Waals surface area contributed by atoms with E-state index < -0.39 is 0 Å². The largest absolute Gasteiger partial charge is 0.369 e. The molecule has 2 atom stereocenters. The summed E-state index contributed by atoms with van der Waals surface area (Å²) in [6.45, 7) is 5.44. The van der Waals surface area contributed by atoms with Crippen molar-refractivity contribution in [1.29, 1.82) is 0 Å². The smallest absolute Gasteiger partial charge is 0.221 e. The van der Waals surface area contributed by atoms with E-state index in [4.69, 9.17) is 5.73 Å². The van der Waals surface area contributed by atoms with Crippen molar-refractivity contribution in [3.8, 4) is 0 Å². The van der Waals surface area contributed by atoms with Crippen LogP contribution in [0.5, 0.6) is 0 Å². The van der Waals surface area contributed by atoms with Gasteiger partial charge in [0.25, 0.3) is 0 Å². The molecule has 1 aliphatic rings. The highest BCUT2D eigenvalue weighted by atomic mass is 19.1. The minimum atomic E-state index is -0.213. The Labute approximate surface area is 125 Å². The van der Waals surface area contributed by atoms with Crippen molar-refractivity contribution in [2.75, 3.05) is 18.0 Å². The predicted molar refractivity (Wildman–Crippen MR) is 82.8 cm³/mol. The molecule has 3 N–H and O–H groups in total. The van der Waals surface area contributed by atoms with Gasteiger partial charge < -0.3 is 16.0 Å². The molecule has 0 bridgehead atoms. The Morgan fingerprint density at radius 1 is 1.57 bits per heavy atom. The van der Waals surface area contributed by atoms with E-state index in [2.05, 4.69) is 10.2 Å². The summed E-state index contributed by atoms with van der Waals surface area (Å²) in [6, 6.07) is 4.86. The van der Waals surface area contributed by atoms with Crippen LogP contribution in [0.4, 0.5) is 10.1 Å². The van der Waals surface area contributed by atoms with Crippen LogP contribution in [0.3, 0.4) is 0 Å². The molecule has 1 aromatic carbocycles. The quantitative estimate of drug-likeness (QED) is 0.892. The van der Waals surface area contributed by atoms with Crippen molar-refractivity contribution in [2.24, 2.45) is 5.73 Å². The summed E-state index contributed by atoms with van der Waals surface area (Å²) in [6.07, 6.45) is 2.34. The third-order valence-corrected chi connectivity index (χ3v) is 3.79. The second-order valence-corrected chi connectivity index (χ2v) is 5.96. The fourth-order valence-corrected chi connectivity index (χ4v) is 2.87. The molecule has 1 aliphatic heterocycles. The first kappa shape index (κ1) is 15.8. The van der Waals surface area contributed by atoms with E-state index in [0.29, 0.717) is 6.42 Å². The molecule has 1 saturated heterocycles. The van der Waals surface area contributed by atoms with E-state index in [1.54, 1.807) is 6.07 Å². The van der Waals surface area contributed by atoms with Crippen LogP contribution < -0.4 is 16.0 Å². The molecule has 2 rings (SSSR count). The maximum atomic E-state index is 13.2. The Balaban J connectivity index is 1.98. The molecule has 1 heterocycles. The zero-order valence-corrected chi connectivity index (χ0v) is 12.7. The number of carbonyl (C=O) groups is 1. The SMILES string of the molecule is Cc1cc(F)ccc1N1CCCC(NC(=O)CC(C)N)C1. The number of halogens is 1. The van der Waals surface area contributed by atoms with Crippen LogP contribution in [-0.2, 0) is 4.79 Å². The molecule has 1 aromatic rings. The molecule has 0 saturated carbocycles. The van der Waals surface area contributed by atoms with Gasteiger partial charge in [-0.25, -0.2) is 4.39 Å². The first-order valence-corrected chi connectivity index (χ1v) is 7.51. The van der Waals surface area contributed by atoms with Crippen LogP contribution in [-0.4, -0.2) is 31.1 Å². The minimum absolute atomic E-state index is 0.00711. The van der Waals surface area contributed by atoms with E-state index in [1.165, 1.54) is 6.07 Å². The second kappa shape index (κ2) is 6.89. The van der Waals surface area contributed by atoms with Crippen molar-refractivity contribution < 1.29 is 9.18 Å². The van der Waals surface area contributed by atoms with E-state index in [9.17, 15) is 9.18 Å². The van der Waals surface area contributed by atoms with Gasteiger partial charge in [-0.05, 0) is 50.5 Å². The molecule has 0 aromatic heterocycles. The third kappa shape index (κ3) is 4.43. The van der Waals surface area contributed by atoms with Gasteiger partial charge in [-0.1, -0.05) is 0 Å². The summed E-state index contributed by atoms with van der Waals surface area (Å²) < 4.78 is 13.2. The number of amides is 1. The maximum Gasteiger partial charge on any atom is 0.221 e. The zero-order chi connectivity index (χ0) is 15.4. The standard InChI is InChI=1S/C16H24FN3O/c1-11-8-13(17)5-6-15(11)20-7-3-4-14(10-20)19-16(21)9-12(2)18/h5-6,8,12,14H,3-4,7,9-10,18H2,1-2H3,(H,19,21). The summed E-state index contributed by atoms with van der Waals surface area (Å²) in [4.78, 5) is 14.0. The van der Waals surface area contributed by atoms with Crippen molar-refractivity contribution in [3.05, 3.63) is 29.6 Å². The average Bonchev–Trinajstić information content (AvgIpc) is 2.37. The first-order valence-electron chi connectivity index (χ1n) is 7.51. The molecule has 21 heavy (non-hydrogen) atoms. The van der Waals surface area contributed by atoms with Gasteiger partial charge in [0.05, 0.1) is 0 Å². The highest BCUT2D eigenvalue weighted by molar-refractivity contribution is 5.77. The summed E-state index contributed by atoms with van der Waals surface area (Å²) in [7, 11) is 0. The van der Waals surface area contributed by atoms with Crippen molar-refractivity contribution in [2.45, 2.75) is 45.2 Å². The number of benzene rings is 1. The van der Waals surface area contributed by atoms with Gasteiger partial charge >= 0.3 is 0 Å². The van der Waals surface area contributed by atoms with Crippen molar-refractivity contribution >= 4 is 11.6 Å². The Hall–Kier alpha value is -1.62. The molecule has 5 heteroatoms. The Kier molecular flexibility index (Phi) is 5.17. The molecule has 0 spiro atoms. The Morgan fingerprint density at radius 3 is 3.00 bits per heavy atom. The number of nitrogens with two attached hydrogens (primary N) is 1. The molecular formula is C16H24FN3O. The lowest BCUT2D eigenvalue weighted by Gasteiger charge is -2.35. The first-order chi connectivity index (χ1) is 9.95. The molecule has 1 fully saturated rings. The Morgan fingerprint density at radius 2 is 2.33 bits per heavy atom. The van der Waals surface area contributed by atoms with Gasteiger partial charge in [0, 0.05) is 37.3 Å². The number of nitrogens with one attached hydrogen (secondary N) is 1. The summed E-state index contributed by atoms with van der Waals surface area (Å²) in [5, 5.41) is 3.05. The number of rotatable bonds is 4. The molecule has 2 unspecified atom stereocenters. The molecule has 0 aliphatic carbocycles. The molecular weight excluding hydrogens is 269 g/mol. The monoisotopic (exact) mass is 293 g/mol. The van der Waals surface area contributed by atoms with Crippen LogP contribution in [0.25, 0.3) is 0 Å². The van der Waals surface area contributed by atoms with E-state index in [-0.39, 0.29) is 23.8 Å². The van der Waals surface area contributed by atoms with E-state index in [1.807, 2.05) is 19.9 Å². The van der Waals surface area contributed by atoms with Crippen LogP contribution in [0.2, 0.25) is 0 Å². The third-order valence-electron chi connectivity index (χ3n) is 3.79. The zero-order valence-electron chi connectivity index (χ0n) is 12.7. The number of anilines is 1. The number of hydrogen-bond donors (Lipinski definition) is 2. The fraction of sp³-hybridized carbons (Fsp3) is 0.562. The highest BCUT2D eigenvalue weighted by Crippen LogP contribution is 2.24. The summed E-state index contributed by atoms with van der Waals surface area (Å²) in [5.41, 5.74) is 7.62. The fourth-order valence-electron chi connectivity index (χ4n) is 2.87. The number of nitrogens with zero attached hydrogens (tertiary/aromatic N) is 1. The molecule has 116 valence electrons. The van der Waals surface area contributed by atoms with Gasteiger partial charge in [-0.3, -0.25) is 4.79 Å². The van der Waals surface area contributed by atoms with E-state index in [0.717, 1.165) is 37.2 Å². The predicted octanol–water partition coefficient (Wildman–Crippen LogP) is 1.96. The van der Waals surface area contributed by atoms with Gasteiger partial charge in [0.1, 0.15) is 5.82 Å². The highest BCUT2D eigenvalue weighted by Gasteiger charge is 2.22. The number of piperidine rings is 1.